The van der Waals surface area contributed by atoms with Crippen molar-refractivity contribution in [2.75, 3.05) is 13.7 Å². The van der Waals surface area contributed by atoms with Crippen LogP contribution in [0.5, 0.6) is 0 Å². The first-order valence-corrected chi connectivity index (χ1v) is 6.35. The maximum absolute atomic E-state index is 5.50. The van der Waals surface area contributed by atoms with E-state index in [4.69, 9.17) is 4.74 Å². The fourth-order valence-corrected chi connectivity index (χ4v) is 3.04. The van der Waals surface area contributed by atoms with Crippen LogP contribution in [0.25, 0.3) is 0 Å². The van der Waals surface area contributed by atoms with Gasteiger partial charge in [-0.3, -0.25) is 0 Å². The molecule has 0 aliphatic carbocycles. The van der Waals surface area contributed by atoms with E-state index in [2.05, 4.69) is 30.6 Å². The van der Waals surface area contributed by atoms with Gasteiger partial charge in [0.15, 0.2) is 0 Å². The molecule has 0 fully saturated rings. The standard InChI is InChI=1S/C12H19NOS/c1-12(2,14-3)8-10-9-5-7-15-11(9)4-6-13-10/h5,7,10,13H,4,6,8H2,1-3H3. The molecule has 0 saturated carbocycles. The second-order valence-corrected chi connectivity index (χ2v) is 5.72. The molecule has 0 bridgehead atoms. The van der Waals surface area contributed by atoms with Crippen molar-refractivity contribution in [3.8, 4) is 0 Å². The SMILES string of the molecule is COC(C)(C)CC1NCCc2sccc21. The first kappa shape index (κ1) is 11.1. The van der Waals surface area contributed by atoms with E-state index >= 15 is 0 Å². The maximum Gasteiger partial charge on any atom is 0.0640 e. The Bertz CT molecular complexity index is 332. The molecule has 0 spiro atoms. The molecule has 0 saturated heterocycles. The van der Waals surface area contributed by atoms with E-state index in [1.807, 2.05) is 11.3 Å². The van der Waals surface area contributed by atoms with Crippen LogP contribution in [0, 0.1) is 0 Å². The van der Waals surface area contributed by atoms with Gasteiger partial charge in [-0.05, 0) is 43.7 Å². The fraction of sp³-hybridized carbons (Fsp3) is 0.667. The number of methoxy groups -OCH3 is 1. The van der Waals surface area contributed by atoms with Crippen LogP contribution in [-0.4, -0.2) is 19.3 Å². The van der Waals surface area contributed by atoms with E-state index in [0.717, 1.165) is 13.0 Å². The van der Waals surface area contributed by atoms with Crippen molar-refractivity contribution < 1.29 is 4.74 Å². The van der Waals surface area contributed by atoms with Crippen LogP contribution < -0.4 is 5.32 Å². The van der Waals surface area contributed by atoms with Gasteiger partial charge in [-0.1, -0.05) is 0 Å². The summed E-state index contributed by atoms with van der Waals surface area (Å²) >= 11 is 1.88. The summed E-state index contributed by atoms with van der Waals surface area (Å²) < 4.78 is 5.50. The van der Waals surface area contributed by atoms with E-state index < -0.39 is 0 Å². The van der Waals surface area contributed by atoms with Gasteiger partial charge in [0, 0.05) is 24.6 Å². The molecule has 84 valence electrons. The van der Waals surface area contributed by atoms with Crippen LogP contribution in [0.2, 0.25) is 0 Å². The summed E-state index contributed by atoms with van der Waals surface area (Å²) in [5.41, 5.74) is 1.44. The number of fused-ring (bicyclic) bond motifs is 1. The third kappa shape index (κ3) is 2.41. The minimum Gasteiger partial charge on any atom is -0.379 e. The zero-order valence-corrected chi connectivity index (χ0v) is 10.5. The predicted molar refractivity (Wildman–Crippen MR) is 64.5 cm³/mol. The number of nitrogens with one attached hydrogen (secondary N) is 1. The molecule has 0 aromatic carbocycles. The Balaban J connectivity index is 2.13. The first-order valence-electron chi connectivity index (χ1n) is 5.47. The quantitative estimate of drug-likeness (QED) is 0.854. The van der Waals surface area contributed by atoms with Crippen LogP contribution in [-0.2, 0) is 11.2 Å². The molecular weight excluding hydrogens is 206 g/mol. The third-order valence-electron chi connectivity index (χ3n) is 3.15. The van der Waals surface area contributed by atoms with Gasteiger partial charge >= 0.3 is 0 Å². The number of ether oxygens (including phenoxy) is 1. The highest BCUT2D eigenvalue weighted by molar-refractivity contribution is 7.10. The Morgan fingerprint density at radius 3 is 3.13 bits per heavy atom. The summed E-state index contributed by atoms with van der Waals surface area (Å²) in [6, 6.07) is 2.72. The van der Waals surface area contributed by atoms with Crippen molar-refractivity contribution in [2.45, 2.75) is 38.3 Å². The second kappa shape index (κ2) is 4.24. The van der Waals surface area contributed by atoms with Crippen LogP contribution in [0.3, 0.4) is 0 Å². The smallest absolute Gasteiger partial charge is 0.0640 e. The molecule has 15 heavy (non-hydrogen) atoms. The Morgan fingerprint density at radius 2 is 2.40 bits per heavy atom. The third-order valence-corrected chi connectivity index (χ3v) is 4.14. The Morgan fingerprint density at radius 1 is 1.60 bits per heavy atom. The Labute approximate surface area is 95.6 Å². The summed E-state index contributed by atoms with van der Waals surface area (Å²) in [6.45, 7) is 5.39. The zero-order chi connectivity index (χ0) is 10.9. The number of hydrogen-bond donors (Lipinski definition) is 1. The van der Waals surface area contributed by atoms with Gasteiger partial charge in [0.25, 0.3) is 0 Å². The van der Waals surface area contributed by atoms with Crippen molar-refractivity contribution in [3.63, 3.8) is 0 Å². The molecule has 3 heteroatoms. The molecule has 1 aromatic heterocycles. The van der Waals surface area contributed by atoms with Crippen molar-refractivity contribution in [1.82, 2.24) is 5.32 Å². The summed E-state index contributed by atoms with van der Waals surface area (Å²) in [7, 11) is 1.79. The predicted octanol–water partition coefficient (Wildman–Crippen LogP) is 2.75. The lowest BCUT2D eigenvalue weighted by Crippen LogP contribution is -2.35. The van der Waals surface area contributed by atoms with E-state index in [-0.39, 0.29) is 5.60 Å². The minimum absolute atomic E-state index is 0.0474. The summed E-state index contributed by atoms with van der Waals surface area (Å²) in [6.07, 6.45) is 2.21. The lowest BCUT2D eigenvalue weighted by Gasteiger charge is -2.31. The highest BCUT2D eigenvalue weighted by Gasteiger charge is 2.27. The van der Waals surface area contributed by atoms with Crippen LogP contribution in [0.15, 0.2) is 11.4 Å². The van der Waals surface area contributed by atoms with E-state index in [1.54, 1.807) is 12.0 Å². The zero-order valence-electron chi connectivity index (χ0n) is 9.67. The molecule has 1 aliphatic rings. The molecule has 1 aromatic rings. The maximum atomic E-state index is 5.50. The normalized spacial score (nSPS) is 21.4. The molecule has 2 rings (SSSR count). The highest BCUT2D eigenvalue weighted by atomic mass is 32.1. The number of thiophene rings is 1. The molecule has 1 aliphatic heterocycles. The van der Waals surface area contributed by atoms with E-state index in [0.29, 0.717) is 6.04 Å². The topological polar surface area (TPSA) is 21.3 Å². The number of hydrogen-bond acceptors (Lipinski definition) is 3. The van der Waals surface area contributed by atoms with Gasteiger partial charge in [-0.25, -0.2) is 0 Å². The summed E-state index contributed by atoms with van der Waals surface area (Å²) in [5, 5.41) is 5.78. The number of rotatable bonds is 3. The lowest BCUT2D eigenvalue weighted by atomic mass is 9.91. The van der Waals surface area contributed by atoms with Crippen LogP contribution in [0.4, 0.5) is 0 Å². The van der Waals surface area contributed by atoms with Crippen molar-refractivity contribution in [1.29, 1.82) is 0 Å². The van der Waals surface area contributed by atoms with Gasteiger partial charge in [-0.15, -0.1) is 11.3 Å². The lowest BCUT2D eigenvalue weighted by molar-refractivity contribution is 0.00640. The molecule has 2 nitrogen and oxygen atoms in total. The molecule has 0 amide bonds. The average Bonchev–Trinajstić information content (AvgIpc) is 2.66. The highest BCUT2D eigenvalue weighted by Crippen LogP contribution is 2.33. The van der Waals surface area contributed by atoms with Crippen LogP contribution in [0.1, 0.15) is 36.8 Å². The first-order chi connectivity index (χ1) is 7.12. The summed E-state index contributed by atoms with van der Waals surface area (Å²) in [4.78, 5) is 1.55. The largest absolute Gasteiger partial charge is 0.379 e. The van der Waals surface area contributed by atoms with Crippen molar-refractivity contribution in [3.05, 3.63) is 21.9 Å². The van der Waals surface area contributed by atoms with Crippen molar-refractivity contribution >= 4 is 11.3 Å². The van der Waals surface area contributed by atoms with Crippen LogP contribution >= 0.6 is 11.3 Å². The monoisotopic (exact) mass is 225 g/mol. The molecule has 1 unspecified atom stereocenters. The Kier molecular flexibility index (Phi) is 3.14. The van der Waals surface area contributed by atoms with E-state index in [9.17, 15) is 0 Å². The molecular formula is C12H19NOS. The van der Waals surface area contributed by atoms with Gasteiger partial charge in [0.2, 0.25) is 0 Å². The van der Waals surface area contributed by atoms with Gasteiger partial charge < -0.3 is 10.1 Å². The summed E-state index contributed by atoms with van der Waals surface area (Å²) in [5.74, 6) is 0. The Hall–Kier alpha value is -0.380. The van der Waals surface area contributed by atoms with Gasteiger partial charge in [-0.2, -0.15) is 0 Å². The average molecular weight is 225 g/mol. The fourth-order valence-electron chi connectivity index (χ4n) is 2.09. The molecule has 2 heterocycles. The van der Waals surface area contributed by atoms with E-state index in [1.165, 1.54) is 12.0 Å². The molecule has 1 atom stereocenters. The minimum atomic E-state index is -0.0474. The van der Waals surface area contributed by atoms with Gasteiger partial charge in [0.05, 0.1) is 5.60 Å². The van der Waals surface area contributed by atoms with Gasteiger partial charge in [0.1, 0.15) is 0 Å². The molecule has 0 radical (unpaired) electrons. The second-order valence-electron chi connectivity index (χ2n) is 4.72. The van der Waals surface area contributed by atoms with Crippen molar-refractivity contribution in [2.24, 2.45) is 0 Å². The molecule has 1 N–H and O–H groups in total.